The molecule has 1 fully saturated rings. The van der Waals surface area contributed by atoms with Gasteiger partial charge >= 0.3 is 0 Å². The average molecular weight is 570 g/mol. The Kier molecular flexibility index (Phi) is 7.28. The minimum atomic E-state index is -1.66. The molecule has 2 aliphatic heterocycles. The third kappa shape index (κ3) is 5.09. The maximum atomic E-state index is 14.7. The molecule has 0 saturated carbocycles. The normalized spacial score (nSPS) is 16.6. The molecule has 0 spiro atoms. The predicted octanol–water partition coefficient (Wildman–Crippen LogP) is 5.12. The maximum Gasteiger partial charge on any atom is 0.259 e. The van der Waals surface area contributed by atoms with Gasteiger partial charge in [-0.3, -0.25) is 9.59 Å². The lowest BCUT2D eigenvalue weighted by atomic mass is 10.1. The molecule has 1 saturated heterocycles. The number of methoxy groups -OCH3 is 1. The van der Waals surface area contributed by atoms with Gasteiger partial charge in [0.05, 0.1) is 45.5 Å². The monoisotopic (exact) mass is 569 g/mol. The molecule has 208 valence electrons. The van der Waals surface area contributed by atoms with E-state index < -0.39 is 22.5 Å². The number of ether oxygens (including phenoxy) is 1. The number of halogens is 1. The van der Waals surface area contributed by atoms with E-state index in [0.29, 0.717) is 58.3 Å². The fourth-order valence-electron chi connectivity index (χ4n) is 5.29. The Labute approximate surface area is 240 Å². The van der Waals surface area contributed by atoms with Crippen LogP contribution in [-0.4, -0.2) is 54.2 Å². The summed E-state index contributed by atoms with van der Waals surface area (Å²) in [6, 6.07) is 25.8. The Morgan fingerprint density at radius 2 is 1.59 bits per heavy atom. The minimum absolute atomic E-state index is 0.0672. The SMILES string of the molecule is COc1ccc(N2CCN(C(=O)c3ccc4c(c3)N(Cc3ccccc3F)C(=O)c3ccccc3[S@]4=O)CC2)cc1. The summed E-state index contributed by atoms with van der Waals surface area (Å²) in [5.74, 6) is -0.221. The number of benzene rings is 4. The Balaban J connectivity index is 1.30. The third-order valence-electron chi connectivity index (χ3n) is 7.55. The van der Waals surface area contributed by atoms with E-state index >= 15 is 0 Å². The number of fused-ring (bicyclic) bond motifs is 2. The lowest BCUT2D eigenvalue weighted by molar-refractivity contribution is 0.0746. The van der Waals surface area contributed by atoms with Crippen molar-refractivity contribution in [3.05, 3.63) is 114 Å². The van der Waals surface area contributed by atoms with Gasteiger partial charge in [0.15, 0.2) is 0 Å². The first-order valence-electron chi connectivity index (χ1n) is 13.3. The van der Waals surface area contributed by atoms with Crippen molar-refractivity contribution in [3.63, 3.8) is 0 Å². The molecule has 0 bridgehead atoms. The summed E-state index contributed by atoms with van der Waals surface area (Å²) >= 11 is 0. The van der Waals surface area contributed by atoms with E-state index in [-0.39, 0.29) is 12.5 Å². The van der Waals surface area contributed by atoms with Crippen LogP contribution in [0.15, 0.2) is 101 Å². The van der Waals surface area contributed by atoms with Gasteiger partial charge in [-0.05, 0) is 60.7 Å². The Hall–Kier alpha value is -4.50. The highest BCUT2D eigenvalue weighted by atomic mass is 32.2. The molecule has 4 aromatic carbocycles. The molecular formula is C32H28FN3O4S. The second-order valence-corrected chi connectivity index (χ2v) is 11.3. The zero-order chi connectivity index (χ0) is 28.5. The van der Waals surface area contributed by atoms with Gasteiger partial charge in [0.25, 0.3) is 11.8 Å². The zero-order valence-electron chi connectivity index (χ0n) is 22.5. The molecule has 9 heteroatoms. The van der Waals surface area contributed by atoms with Crippen LogP contribution in [0.3, 0.4) is 0 Å². The van der Waals surface area contributed by atoms with Crippen molar-refractivity contribution in [1.82, 2.24) is 4.90 Å². The van der Waals surface area contributed by atoms with E-state index in [1.807, 2.05) is 24.3 Å². The van der Waals surface area contributed by atoms with Gasteiger partial charge in [0, 0.05) is 43.0 Å². The summed E-state index contributed by atoms with van der Waals surface area (Å²) in [6.45, 7) is 2.32. The van der Waals surface area contributed by atoms with E-state index in [0.717, 1.165) is 11.4 Å². The van der Waals surface area contributed by atoms with Gasteiger partial charge in [0.1, 0.15) is 11.6 Å². The summed E-state index contributed by atoms with van der Waals surface area (Å²) in [6.07, 6.45) is 0. The third-order valence-corrected chi connectivity index (χ3v) is 9.05. The predicted molar refractivity (Wildman–Crippen MR) is 156 cm³/mol. The molecule has 41 heavy (non-hydrogen) atoms. The maximum absolute atomic E-state index is 14.7. The van der Waals surface area contributed by atoms with Crippen molar-refractivity contribution < 1.29 is 22.9 Å². The minimum Gasteiger partial charge on any atom is -0.497 e. The number of rotatable bonds is 5. The second-order valence-electron chi connectivity index (χ2n) is 9.91. The molecule has 0 unspecified atom stereocenters. The fraction of sp³-hybridized carbons (Fsp3) is 0.188. The van der Waals surface area contributed by atoms with Crippen LogP contribution in [0.4, 0.5) is 15.8 Å². The number of hydrogen-bond acceptors (Lipinski definition) is 5. The number of hydrogen-bond donors (Lipinski definition) is 0. The molecule has 7 nitrogen and oxygen atoms in total. The van der Waals surface area contributed by atoms with Crippen LogP contribution < -0.4 is 14.5 Å². The first-order valence-corrected chi connectivity index (χ1v) is 14.5. The smallest absolute Gasteiger partial charge is 0.259 e. The Morgan fingerprint density at radius 3 is 2.32 bits per heavy atom. The van der Waals surface area contributed by atoms with Crippen LogP contribution in [0.2, 0.25) is 0 Å². The lowest BCUT2D eigenvalue weighted by Crippen LogP contribution is -2.48. The number of carbonyl (C=O) groups is 2. The van der Waals surface area contributed by atoms with Crippen molar-refractivity contribution in [2.75, 3.05) is 43.1 Å². The second kappa shape index (κ2) is 11.2. The summed E-state index contributed by atoms with van der Waals surface area (Å²) in [4.78, 5) is 33.7. The average Bonchev–Trinajstić information content (AvgIpc) is 3.11. The van der Waals surface area contributed by atoms with E-state index in [9.17, 15) is 18.2 Å². The van der Waals surface area contributed by atoms with Crippen molar-refractivity contribution in [2.45, 2.75) is 16.3 Å². The molecule has 4 aromatic rings. The van der Waals surface area contributed by atoms with Gasteiger partial charge < -0.3 is 19.4 Å². The molecule has 2 heterocycles. The quantitative estimate of drug-likeness (QED) is 0.334. The molecule has 0 aliphatic carbocycles. The van der Waals surface area contributed by atoms with Gasteiger partial charge in [0.2, 0.25) is 0 Å². The molecule has 1 atom stereocenters. The standard InChI is InChI=1S/C32H28FN3O4S/c1-40-25-13-11-24(12-14-25)34-16-18-35(19-17-34)31(37)22-10-15-30-28(20-22)36(21-23-6-2-4-8-27(23)33)32(38)26-7-3-5-9-29(26)41(30)39/h2-15,20H,16-19,21H2,1H3/t41-/m1/s1. The summed E-state index contributed by atoms with van der Waals surface area (Å²) in [5, 5.41) is 0. The molecule has 2 aliphatic rings. The molecule has 0 N–H and O–H groups in total. The van der Waals surface area contributed by atoms with E-state index in [1.54, 1.807) is 72.7 Å². The van der Waals surface area contributed by atoms with Gasteiger partial charge in [-0.2, -0.15) is 0 Å². The molecule has 6 rings (SSSR count). The zero-order valence-corrected chi connectivity index (χ0v) is 23.3. The van der Waals surface area contributed by atoms with Gasteiger partial charge in [-0.25, -0.2) is 8.60 Å². The van der Waals surface area contributed by atoms with Crippen molar-refractivity contribution in [2.24, 2.45) is 0 Å². The number of piperazine rings is 1. The topological polar surface area (TPSA) is 70.2 Å². The number of amides is 2. The van der Waals surface area contributed by atoms with Crippen LogP contribution >= 0.6 is 0 Å². The van der Waals surface area contributed by atoms with Crippen molar-refractivity contribution in [1.29, 1.82) is 0 Å². The molecule has 0 aromatic heterocycles. The largest absolute Gasteiger partial charge is 0.497 e. The van der Waals surface area contributed by atoms with E-state index in [4.69, 9.17) is 4.74 Å². The molecule has 2 amide bonds. The van der Waals surface area contributed by atoms with Crippen LogP contribution in [0, 0.1) is 5.82 Å². The van der Waals surface area contributed by atoms with E-state index in [2.05, 4.69) is 4.90 Å². The molecule has 0 radical (unpaired) electrons. The van der Waals surface area contributed by atoms with Crippen molar-refractivity contribution >= 4 is 34.0 Å². The van der Waals surface area contributed by atoms with Crippen LogP contribution in [0.5, 0.6) is 5.75 Å². The fourth-order valence-corrected chi connectivity index (χ4v) is 6.64. The highest BCUT2D eigenvalue weighted by Crippen LogP contribution is 2.36. The number of nitrogens with zero attached hydrogens (tertiary/aromatic N) is 3. The molecular weight excluding hydrogens is 541 g/mol. The lowest BCUT2D eigenvalue weighted by Gasteiger charge is -2.36. The number of anilines is 2. The van der Waals surface area contributed by atoms with Crippen LogP contribution in [0.25, 0.3) is 0 Å². The van der Waals surface area contributed by atoms with Crippen LogP contribution in [-0.2, 0) is 17.3 Å². The van der Waals surface area contributed by atoms with Gasteiger partial charge in [-0.15, -0.1) is 0 Å². The first kappa shape index (κ1) is 26.7. The summed E-state index contributed by atoms with van der Waals surface area (Å²) in [7, 11) is -0.0313. The summed E-state index contributed by atoms with van der Waals surface area (Å²) < 4.78 is 33.6. The van der Waals surface area contributed by atoms with Crippen LogP contribution in [0.1, 0.15) is 26.3 Å². The number of carbonyl (C=O) groups excluding carboxylic acids is 2. The van der Waals surface area contributed by atoms with Gasteiger partial charge in [-0.1, -0.05) is 30.3 Å². The highest BCUT2D eigenvalue weighted by Gasteiger charge is 2.33. The Morgan fingerprint density at radius 1 is 0.878 bits per heavy atom. The van der Waals surface area contributed by atoms with E-state index in [1.165, 1.54) is 11.0 Å². The Bertz CT molecular complexity index is 1650. The first-order chi connectivity index (χ1) is 19.9. The highest BCUT2D eigenvalue weighted by molar-refractivity contribution is 7.85. The summed E-state index contributed by atoms with van der Waals surface area (Å²) in [5.41, 5.74) is 2.41. The van der Waals surface area contributed by atoms with Crippen molar-refractivity contribution in [3.8, 4) is 5.75 Å².